The Hall–Kier alpha value is -1.75. The minimum Gasteiger partial charge on any atom is -0.490 e. The molecule has 1 aromatic carbocycles. The Morgan fingerprint density at radius 2 is 2.14 bits per heavy atom. The molecular formula is C16H23NO4. The molecule has 0 saturated carbocycles. The maximum Gasteiger partial charge on any atom is 0.303 e. The van der Waals surface area contributed by atoms with E-state index in [4.69, 9.17) is 20.3 Å². The van der Waals surface area contributed by atoms with Gasteiger partial charge in [0.25, 0.3) is 0 Å². The van der Waals surface area contributed by atoms with Crippen molar-refractivity contribution in [2.45, 2.75) is 45.1 Å². The first-order chi connectivity index (χ1) is 10.1. The second-order valence-corrected chi connectivity index (χ2v) is 5.39. The Morgan fingerprint density at radius 1 is 1.33 bits per heavy atom. The van der Waals surface area contributed by atoms with Crippen LogP contribution in [0.5, 0.6) is 11.5 Å². The van der Waals surface area contributed by atoms with Crippen molar-refractivity contribution in [1.82, 2.24) is 0 Å². The summed E-state index contributed by atoms with van der Waals surface area (Å²) >= 11 is 0. The lowest BCUT2D eigenvalue weighted by molar-refractivity contribution is -0.137. The SMILES string of the molecule is CCCOc1c(OCCCC(=O)O)ccc2c1CC(N)C2. The van der Waals surface area contributed by atoms with Gasteiger partial charge in [0.1, 0.15) is 0 Å². The third-order valence-electron chi connectivity index (χ3n) is 3.51. The fourth-order valence-corrected chi connectivity index (χ4v) is 2.56. The summed E-state index contributed by atoms with van der Waals surface area (Å²) < 4.78 is 11.6. The zero-order valence-electron chi connectivity index (χ0n) is 12.4. The van der Waals surface area contributed by atoms with E-state index >= 15 is 0 Å². The van der Waals surface area contributed by atoms with E-state index in [1.807, 2.05) is 12.1 Å². The molecule has 1 unspecified atom stereocenters. The van der Waals surface area contributed by atoms with E-state index in [2.05, 4.69) is 6.92 Å². The first-order valence-corrected chi connectivity index (χ1v) is 7.49. The van der Waals surface area contributed by atoms with Crippen LogP contribution in [0.3, 0.4) is 0 Å². The summed E-state index contributed by atoms with van der Waals surface area (Å²) in [6.07, 6.45) is 3.20. The predicted octanol–water partition coefficient (Wildman–Crippen LogP) is 2.14. The number of hydrogen-bond donors (Lipinski definition) is 2. The van der Waals surface area contributed by atoms with Crippen molar-refractivity contribution in [3.05, 3.63) is 23.3 Å². The van der Waals surface area contributed by atoms with Gasteiger partial charge in [0.2, 0.25) is 0 Å². The fraction of sp³-hybridized carbons (Fsp3) is 0.562. The fourth-order valence-electron chi connectivity index (χ4n) is 2.56. The van der Waals surface area contributed by atoms with E-state index in [0.29, 0.717) is 25.4 Å². The zero-order valence-corrected chi connectivity index (χ0v) is 12.4. The second kappa shape index (κ2) is 7.31. The van der Waals surface area contributed by atoms with Crippen LogP contribution in [0.25, 0.3) is 0 Å². The van der Waals surface area contributed by atoms with Crippen molar-refractivity contribution in [1.29, 1.82) is 0 Å². The Kier molecular flexibility index (Phi) is 5.44. The highest BCUT2D eigenvalue weighted by atomic mass is 16.5. The summed E-state index contributed by atoms with van der Waals surface area (Å²) in [5.41, 5.74) is 8.40. The van der Waals surface area contributed by atoms with E-state index in [-0.39, 0.29) is 12.5 Å². The van der Waals surface area contributed by atoms with Gasteiger partial charge in [-0.05, 0) is 37.3 Å². The van der Waals surface area contributed by atoms with Gasteiger partial charge < -0.3 is 20.3 Å². The van der Waals surface area contributed by atoms with Crippen LogP contribution in [0.15, 0.2) is 12.1 Å². The van der Waals surface area contributed by atoms with Crippen molar-refractivity contribution in [3.8, 4) is 11.5 Å². The van der Waals surface area contributed by atoms with Crippen LogP contribution >= 0.6 is 0 Å². The first-order valence-electron chi connectivity index (χ1n) is 7.49. The Labute approximate surface area is 125 Å². The van der Waals surface area contributed by atoms with Gasteiger partial charge in [0.15, 0.2) is 11.5 Å². The molecule has 0 amide bonds. The third-order valence-corrected chi connectivity index (χ3v) is 3.51. The molecule has 1 atom stereocenters. The van der Waals surface area contributed by atoms with Crippen molar-refractivity contribution >= 4 is 5.97 Å². The average Bonchev–Trinajstić information content (AvgIpc) is 2.82. The molecule has 0 fully saturated rings. The van der Waals surface area contributed by atoms with Gasteiger partial charge in [-0.2, -0.15) is 0 Å². The maximum absolute atomic E-state index is 10.5. The summed E-state index contributed by atoms with van der Waals surface area (Å²) in [7, 11) is 0. The van der Waals surface area contributed by atoms with E-state index in [1.165, 1.54) is 5.56 Å². The highest BCUT2D eigenvalue weighted by Gasteiger charge is 2.24. The van der Waals surface area contributed by atoms with Crippen molar-refractivity contribution in [2.24, 2.45) is 5.73 Å². The molecule has 0 aromatic heterocycles. The molecule has 0 radical (unpaired) electrons. The van der Waals surface area contributed by atoms with Crippen LogP contribution in [0.2, 0.25) is 0 Å². The molecule has 3 N–H and O–H groups in total. The van der Waals surface area contributed by atoms with E-state index < -0.39 is 5.97 Å². The number of aliphatic carboxylic acids is 1. The summed E-state index contributed by atoms with van der Waals surface area (Å²) in [4.78, 5) is 10.5. The smallest absolute Gasteiger partial charge is 0.303 e. The van der Waals surface area contributed by atoms with E-state index in [0.717, 1.165) is 30.6 Å². The molecule has 0 saturated heterocycles. The molecule has 0 spiro atoms. The van der Waals surface area contributed by atoms with Crippen LogP contribution in [0.4, 0.5) is 0 Å². The number of carboxylic acid groups (broad SMARTS) is 1. The molecule has 0 heterocycles. The molecule has 1 aliphatic rings. The number of rotatable bonds is 8. The Balaban J connectivity index is 2.09. The van der Waals surface area contributed by atoms with Gasteiger partial charge in [0.05, 0.1) is 13.2 Å². The highest BCUT2D eigenvalue weighted by Crippen LogP contribution is 2.38. The normalized spacial score (nSPS) is 16.6. The maximum atomic E-state index is 10.5. The molecule has 0 bridgehead atoms. The number of ether oxygens (including phenoxy) is 2. The molecule has 1 aromatic rings. The van der Waals surface area contributed by atoms with Gasteiger partial charge in [-0.1, -0.05) is 13.0 Å². The minimum atomic E-state index is -0.805. The van der Waals surface area contributed by atoms with Gasteiger partial charge in [0, 0.05) is 18.0 Å². The van der Waals surface area contributed by atoms with Crippen LogP contribution in [-0.4, -0.2) is 30.3 Å². The number of carbonyl (C=O) groups is 1. The molecule has 5 heteroatoms. The molecular weight excluding hydrogens is 270 g/mol. The number of nitrogens with two attached hydrogens (primary N) is 1. The predicted molar refractivity (Wildman–Crippen MR) is 80.0 cm³/mol. The lowest BCUT2D eigenvalue weighted by Gasteiger charge is -2.16. The Morgan fingerprint density at radius 3 is 2.86 bits per heavy atom. The molecule has 1 aliphatic carbocycles. The van der Waals surface area contributed by atoms with Gasteiger partial charge in [-0.25, -0.2) is 0 Å². The number of carboxylic acids is 1. The number of benzene rings is 1. The van der Waals surface area contributed by atoms with Gasteiger partial charge in [-0.15, -0.1) is 0 Å². The van der Waals surface area contributed by atoms with Gasteiger partial charge in [-0.3, -0.25) is 4.79 Å². The topological polar surface area (TPSA) is 81.8 Å². The molecule has 5 nitrogen and oxygen atoms in total. The van der Waals surface area contributed by atoms with Crippen molar-refractivity contribution in [2.75, 3.05) is 13.2 Å². The minimum absolute atomic E-state index is 0.112. The number of hydrogen-bond acceptors (Lipinski definition) is 4. The quantitative estimate of drug-likeness (QED) is 0.718. The monoisotopic (exact) mass is 293 g/mol. The largest absolute Gasteiger partial charge is 0.490 e. The summed E-state index contributed by atoms with van der Waals surface area (Å²) in [5, 5.41) is 8.64. The molecule has 21 heavy (non-hydrogen) atoms. The van der Waals surface area contributed by atoms with E-state index in [9.17, 15) is 4.79 Å². The zero-order chi connectivity index (χ0) is 15.2. The van der Waals surface area contributed by atoms with Crippen molar-refractivity contribution in [3.63, 3.8) is 0 Å². The number of fused-ring (bicyclic) bond motifs is 1. The second-order valence-electron chi connectivity index (χ2n) is 5.39. The molecule has 2 rings (SSSR count). The Bertz CT molecular complexity index is 501. The van der Waals surface area contributed by atoms with Gasteiger partial charge >= 0.3 is 5.97 Å². The third kappa shape index (κ3) is 4.11. The van der Waals surface area contributed by atoms with Crippen molar-refractivity contribution < 1.29 is 19.4 Å². The summed E-state index contributed by atoms with van der Waals surface area (Å²) in [6.45, 7) is 3.07. The van der Waals surface area contributed by atoms with Crippen LogP contribution in [-0.2, 0) is 17.6 Å². The standard InChI is InChI=1S/C16H23NO4/c1-2-7-21-16-13-10-12(17)9-11(13)5-6-14(16)20-8-3-4-15(18)19/h5-6,12H,2-4,7-10,17H2,1H3,(H,18,19). The van der Waals surface area contributed by atoms with Crippen LogP contribution in [0.1, 0.15) is 37.3 Å². The average molecular weight is 293 g/mol. The van der Waals surface area contributed by atoms with E-state index in [1.54, 1.807) is 0 Å². The lowest BCUT2D eigenvalue weighted by Crippen LogP contribution is -2.19. The summed E-state index contributed by atoms with van der Waals surface area (Å²) in [5.74, 6) is 0.681. The van der Waals surface area contributed by atoms with Crippen LogP contribution < -0.4 is 15.2 Å². The highest BCUT2D eigenvalue weighted by molar-refractivity contribution is 5.66. The summed E-state index contributed by atoms with van der Waals surface area (Å²) in [6, 6.07) is 4.09. The first kappa shape index (κ1) is 15.6. The molecule has 0 aliphatic heterocycles. The van der Waals surface area contributed by atoms with Crippen LogP contribution in [0, 0.1) is 0 Å². The lowest BCUT2D eigenvalue weighted by atomic mass is 10.1. The molecule has 116 valence electrons.